The summed E-state index contributed by atoms with van der Waals surface area (Å²) in [4.78, 5) is 11.4. The van der Waals surface area contributed by atoms with E-state index in [0.29, 0.717) is 6.42 Å². The molecule has 0 saturated carbocycles. The molecule has 0 aliphatic heterocycles. The molecule has 0 radical (unpaired) electrons. The lowest BCUT2D eigenvalue weighted by Crippen LogP contribution is -1.92. The van der Waals surface area contributed by atoms with Crippen LogP contribution in [0.3, 0.4) is 0 Å². The first-order valence-electron chi connectivity index (χ1n) is 6.76. The molecule has 0 spiro atoms. The Labute approximate surface area is 117 Å². The number of hydrogen-bond donors (Lipinski definition) is 0. The molecule has 0 aromatic carbocycles. The molecule has 0 aliphatic rings. The van der Waals surface area contributed by atoms with Gasteiger partial charge in [0.1, 0.15) is 0 Å². The first kappa shape index (κ1) is 16.9. The van der Waals surface area contributed by atoms with Crippen molar-refractivity contribution in [2.24, 2.45) is 0 Å². The summed E-state index contributed by atoms with van der Waals surface area (Å²) in [5.74, 6) is 20.3. The molecule has 0 aromatic heterocycles. The van der Waals surface area contributed by atoms with Gasteiger partial charge in [0.25, 0.3) is 0 Å². The highest BCUT2D eigenvalue weighted by Crippen LogP contribution is 2.06. The molecule has 0 saturated heterocycles. The first-order valence-corrected chi connectivity index (χ1v) is 6.76. The van der Waals surface area contributed by atoms with E-state index in [9.17, 15) is 4.79 Å². The Balaban J connectivity index is 3.75. The molecular weight excluding hydrogens is 232 g/mol. The maximum atomic E-state index is 11.4. The van der Waals surface area contributed by atoms with Crippen LogP contribution in [0.2, 0.25) is 0 Å². The summed E-state index contributed by atoms with van der Waals surface area (Å²) in [6.45, 7) is 3.90. The summed E-state index contributed by atoms with van der Waals surface area (Å²) in [5.41, 5.74) is 0. The fourth-order valence-electron chi connectivity index (χ4n) is 1.42. The molecule has 0 heterocycles. The third kappa shape index (κ3) is 13.8. The minimum absolute atomic E-state index is 0.0360. The molecule has 0 amide bonds. The molecular formula is C18H20O. The average Bonchev–Trinajstić information content (AvgIpc) is 2.41. The predicted octanol–water partition coefficient (Wildman–Crippen LogP) is 3.34. The van der Waals surface area contributed by atoms with E-state index in [2.05, 4.69) is 54.3 Å². The van der Waals surface area contributed by atoms with E-state index in [4.69, 9.17) is 0 Å². The minimum Gasteiger partial charge on any atom is -0.285 e. The van der Waals surface area contributed by atoms with Crippen LogP contribution in [-0.2, 0) is 4.79 Å². The number of hydrogen-bond acceptors (Lipinski definition) is 1. The van der Waals surface area contributed by atoms with E-state index in [1.807, 2.05) is 0 Å². The van der Waals surface area contributed by atoms with Gasteiger partial charge in [0, 0.05) is 6.42 Å². The van der Waals surface area contributed by atoms with Crippen molar-refractivity contribution in [1.29, 1.82) is 0 Å². The summed E-state index contributed by atoms with van der Waals surface area (Å²) in [6, 6.07) is 0. The molecule has 1 nitrogen and oxygen atoms in total. The highest BCUT2D eigenvalue weighted by molar-refractivity contribution is 5.95. The van der Waals surface area contributed by atoms with Crippen molar-refractivity contribution in [2.75, 3.05) is 0 Å². The van der Waals surface area contributed by atoms with Crippen molar-refractivity contribution in [3.63, 3.8) is 0 Å². The number of ketones is 1. The van der Waals surface area contributed by atoms with Crippen molar-refractivity contribution >= 4 is 5.78 Å². The second kappa shape index (κ2) is 14.0. The van der Waals surface area contributed by atoms with Crippen LogP contribution < -0.4 is 0 Å². The predicted molar refractivity (Wildman–Crippen MR) is 79.8 cm³/mol. The standard InChI is InChI=1S/C18H20O/c1-3-5-7-9-11-13-15-17-18(19)16-14-12-10-8-6-4-2/h4,6,8,10,12,14,16H2,1-2H3. The largest absolute Gasteiger partial charge is 0.285 e. The van der Waals surface area contributed by atoms with E-state index in [1.165, 1.54) is 25.7 Å². The highest BCUT2D eigenvalue weighted by atomic mass is 16.1. The molecule has 0 rings (SSSR count). The Morgan fingerprint density at radius 2 is 1.37 bits per heavy atom. The number of carbonyl (C=O) groups is 1. The van der Waals surface area contributed by atoms with Crippen LogP contribution in [0.25, 0.3) is 0 Å². The van der Waals surface area contributed by atoms with Gasteiger partial charge in [-0.1, -0.05) is 44.9 Å². The molecule has 0 aliphatic carbocycles. The lowest BCUT2D eigenvalue weighted by atomic mass is 10.1. The van der Waals surface area contributed by atoms with E-state index in [-0.39, 0.29) is 5.78 Å². The Morgan fingerprint density at radius 1 is 0.789 bits per heavy atom. The molecule has 98 valence electrons. The van der Waals surface area contributed by atoms with Gasteiger partial charge >= 0.3 is 0 Å². The zero-order valence-corrected chi connectivity index (χ0v) is 11.9. The van der Waals surface area contributed by atoms with Gasteiger partial charge < -0.3 is 0 Å². The fraction of sp³-hybridized carbons (Fsp3) is 0.500. The average molecular weight is 252 g/mol. The van der Waals surface area contributed by atoms with Gasteiger partial charge in [-0.15, -0.1) is 0 Å². The second-order valence-electron chi connectivity index (χ2n) is 4.07. The fourth-order valence-corrected chi connectivity index (χ4v) is 1.42. The van der Waals surface area contributed by atoms with Crippen molar-refractivity contribution in [1.82, 2.24) is 0 Å². The minimum atomic E-state index is -0.0360. The Morgan fingerprint density at radius 3 is 2.05 bits per heavy atom. The van der Waals surface area contributed by atoms with Crippen LogP contribution in [-0.4, -0.2) is 5.78 Å². The lowest BCUT2D eigenvalue weighted by Gasteiger charge is -1.97. The summed E-state index contributed by atoms with van der Waals surface area (Å²) in [6.07, 6.45) is 7.58. The van der Waals surface area contributed by atoms with E-state index < -0.39 is 0 Å². The topological polar surface area (TPSA) is 17.1 Å². The second-order valence-corrected chi connectivity index (χ2v) is 4.07. The van der Waals surface area contributed by atoms with Crippen LogP contribution in [0.4, 0.5) is 0 Å². The molecule has 19 heavy (non-hydrogen) atoms. The number of unbranched alkanes of at least 4 members (excludes halogenated alkanes) is 5. The van der Waals surface area contributed by atoms with Gasteiger partial charge in [-0.3, -0.25) is 4.79 Å². The Hall–Kier alpha value is -2.09. The van der Waals surface area contributed by atoms with E-state index in [1.54, 1.807) is 6.92 Å². The quantitative estimate of drug-likeness (QED) is 0.386. The van der Waals surface area contributed by atoms with Crippen molar-refractivity contribution in [2.45, 2.75) is 58.8 Å². The van der Waals surface area contributed by atoms with Gasteiger partial charge in [0.2, 0.25) is 5.78 Å². The summed E-state index contributed by atoms with van der Waals surface area (Å²) in [5, 5.41) is 0. The normalized spacial score (nSPS) is 7.47. The van der Waals surface area contributed by atoms with Gasteiger partial charge in [-0.2, -0.15) is 0 Å². The molecule has 0 aromatic rings. The van der Waals surface area contributed by atoms with Crippen LogP contribution in [0.5, 0.6) is 0 Å². The summed E-state index contributed by atoms with van der Waals surface area (Å²) >= 11 is 0. The van der Waals surface area contributed by atoms with E-state index in [0.717, 1.165) is 12.8 Å². The van der Waals surface area contributed by atoms with Gasteiger partial charge in [-0.25, -0.2) is 0 Å². The summed E-state index contributed by atoms with van der Waals surface area (Å²) < 4.78 is 0. The number of carbonyl (C=O) groups excluding carboxylic acids is 1. The Bertz CT molecular complexity index is 495. The van der Waals surface area contributed by atoms with E-state index >= 15 is 0 Å². The van der Waals surface area contributed by atoms with Gasteiger partial charge in [0.15, 0.2) is 0 Å². The SMILES string of the molecule is CC#CC#CC#CC#CC(=O)CCCCCCCC. The molecule has 0 unspecified atom stereocenters. The smallest absolute Gasteiger partial charge is 0.206 e. The molecule has 0 atom stereocenters. The molecule has 1 heteroatoms. The number of rotatable bonds is 7. The highest BCUT2D eigenvalue weighted by Gasteiger charge is 1.96. The third-order valence-corrected chi connectivity index (χ3v) is 2.40. The Kier molecular flexibility index (Phi) is 12.4. The van der Waals surface area contributed by atoms with Crippen LogP contribution >= 0.6 is 0 Å². The van der Waals surface area contributed by atoms with Crippen molar-refractivity contribution in [3.8, 4) is 47.4 Å². The molecule has 0 fully saturated rings. The van der Waals surface area contributed by atoms with Gasteiger partial charge in [0.05, 0.1) is 0 Å². The van der Waals surface area contributed by atoms with Crippen molar-refractivity contribution < 1.29 is 4.79 Å². The number of Topliss-reactive ketones (excluding diaryl/α,β-unsaturated/α-hetero) is 1. The van der Waals surface area contributed by atoms with Gasteiger partial charge in [-0.05, 0) is 54.8 Å². The van der Waals surface area contributed by atoms with Crippen LogP contribution in [0.1, 0.15) is 58.8 Å². The monoisotopic (exact) mass is 252 g/mol. The first-order chi connectivity index (χ1) is 9.31. The van der Waals surface area contributed by atoms with Crippen molar-refractivity contribution in [3.05, 3.63) is 0 Å². The molecule has 0 N–H and O–H groups in total. The lowest BCUT2D eigenvalue weighted by molar-refractivity contribution is -0.113. The third-order valence-electron chi connectivity index (χ3n) is 2.40. The molecule has 0 bridgehead atoms. The summed E-state index contributed by atoms with van der Waals surface area (Å²) in [7, 11) is 0. The maximum absolute atomic E-state index is 11.4. The zero-order chi connectivity index (χ0) is 14.2. The van der Waals surface area contributed by atoms with Crippen LogP contribution in [0, 0.1) is 47.4 Å². The zero-order valence-electron chi connectivity index (χ0n) is 11.9. The van der Waals surface area contributed by atoms with Crippen LogP contribution in [0.15, 0.2) is 0 Å². The maximum Gasteiger partial charge on any atom is 0.206 e.